The van der Waals surface area contributed by atoms with Gasteiger partial charge in [-0.25, -0.2) is 0 Å². The molecule has 21 heavy (non-hydrogen) atoms. The minimum absolute atomic E-state index is 0.0936. The zero-order chi connectivity index (χ0) is 15.6. The summed E-state index contributed by atoms with van der Waals surface area (Å²) in [6.07, 6.45) is 0. The molecular formula is C13H9ClFN3O3. The summed E-state index contributed by atoms with van der Waals surface area (Å²) in [4.78, 5) is 21.6. The van der Waals surface area contributed by atoms with Crippen molar-refractivity contribution in [3.63, 3.8) is 0 Å². The molecule has 2 aromatic rings. The summed E-state index contributed by atoms with van der Waals surface area (Å²) in [7, 11) is 0. The highest BCUT2D eigenvalue weighted by Crippen LogP contribution is 2.23. The second-order valence-electron chi connectivity index (χ2n) is 4.11. The average Bonchev–Trinajstić information content (AvgIpc) is 2.41. The number of nitro groups is 1. The van der Waals surface area contributed by atoms with Crippen molar-refractivity contribution in [2.75, 3.05) is 11.1 Å². The SMILES string of the molecule is Nc1ccc(C(=O)Nc2ccc([N+](=O)[O-])c(F)c2)cc1Cl. The predicted octanol–water partition coefficient (Wildman–Crippen LogP) is 3.22. The molecule has 2 rings (SSSR count). The number of carbonyl (C=O) groups excluding carboxylic acids is 1. The molecule has 1 amide bonds. The van der Waals surface area contributed by atoms with Crippen molar-refractivity contribution < 1.29 is 14.1 Å². The van der Waals surface area contributed by atoms with Crippen LogP contribution in [-0.2, 0) is 0 Å². The number of carbonyl (C=O) groups is 1. The molecule has 0 aliphatic heterocycles. The lowest BCUT2D eigenvalue weighted by molar-refractivity contribution is -0.387. The number of halogens is 2. The molecule has 0 unspecified atom stereocenters. The molecule has 0 fully saturated rings. The van der Waals surface area contributed by atoms with E-state index in [1.165, 1.54) is 24.3 Å². The van der Waals surface area contributed by atoms with Crippen LogP contribution >= 0.6 is 11.6 Å². The Bertz CT molecular complexity index is 737. The number of nitrogens with one attached hydrogen (secondary N) is 1. The van der Waals surface area contributed by atoms with E-state index < -0.39 is 22.3 Å². The second-order valence-corrected chi connectivity index (χ2v) is 4.52. The molecule has 0 aromatic heterocycles. The quantitative estimate of drug-likeness (QED) is 0.516. The third kappa shape index (κ3) is 3.26. The maximum absolute atomic E-state index is 13.4. The fourth-order valence-corrected chi connectivity index (χ4v) is 1.78. The summed E-state index contributed by atoms with van der Waals surface area (Å²) in [5, 5.41) is 13.1. The van der Waals surface area contributed by atoms with E-state index in [1.54, 1.807) is 0 Å². The Hall–Kier alpha value is -2.67. The number of benzene rings is 2. The van der Waals surface area contributed by atoms with Crippen molar-refractivity contribution in [1.82, 2.24) is 0 Å². The van der Waals surface area contributed by atoms with Gasteiger partial charge in [0.1, 0.15) is 0 Å². The first-order chi connectivity index (χ1) is 9.88. The zero-order valence-corrected chi connectivity index (χ0v) is 11.2. The monoisotopic (exact) mass is 309 g/mol. The van der Waals surface area contributed by atoms with Crippen LogP contribution in [0.4, 0.5) is 21.5 Å². The predicted molar refractivity (Wildman–Crippen MR) is 76.9 cm³/mol. The molecule has 2 aromatic carbocycles. The first-order valence-electron chi connectivity index (χ1n) is 5.69. The molecule has 0 aliphatic rings. The highest BCUT2D eigenvalue weighted by atomic mass is 35.5. The molecular weight excluding hydrogens is 301 g/mol. The van der Waals surface area contributed by atoms with E-state index in [4.69, 9.17) is 17.3 Å². The summed E-state index contributed by atoms with van der Waals surface area (Å²) in [6.45, 7) is 0. The van der Waals surface area contributed by atoms with Gasteiger partial charge in [0, 0.05) is 23.4 Å². The van der Waals surface area contributed by atoms with Gasteiger partial charge in [-0.1, -0.05) is 11.6 Å². The van der Waals surface area contributed by atoms with Gasteiger partial charge in [0.2, 0.25) is 5.82 Å². The van der Waals surface area contributed by atoms with Crippen LogP contribution in [0.5, 0.6) is 0 Å². The Morgan fingerprint density at radius 1 is 1.29 bits per heavy atom. The molecule has 0 aliphatic carbocycles. The Morgan fingerprint density at radius 3 is 2.57 bits per heavy atom. The molecule has 0 spiro atoms. The van der Waals surface area contributed by atoms with Crippen LogP contribution in [0.2, 0.25) is 5.02 Å². The minimum atomic E-state index is -1.03. The van der Waals surface area contributed by atoms with E-state index in [0.29, 0.717) is 5.69 Å². The third-order valence-corrected chi connectivity index (χ3v) is 2.99. The van der Waals surface area contributed by atoms with Crippen molar-refractivity contribution in [3.8, 4) is 0 Å². The first-order valence-corrected chi connectivity index (χ1v) is 6.06. The molecule has 6 nitrogen and oxygen atoms in total. The summed E-state index contributed by atoms with van der Waals surface area (Å²) in [5.74, 6) is -1.57. The van der Waals surface area contributed by atoms with Gasteiger partial charge in [0.25, 0.3) is 5.91 Å². The number of amides is 1. The van der Waals surface area contributed by atoms with E-state index in [0.717, 1.165) is 12.1 Å². The second kappa shape index (κ2) is 5.76. The standard InChI is InChI=1S/C13H9ClFN3O3/c14-9-5-7(1-3-11(9)16)13(19)17-8-2-4-12(18(20)21)10(15)6-8/h1-6H,16H2,(H,17,19). The van der Waals surface area contributed by atoms with Gasteiger partial charge in [0.15, 0.2) is 0 Å². The molecule has 8 heteroatoms. The van der Waals surface area contributed by atoms with Crippen molar-refractivity contribution in [1.29, 1.82) is 0 Å². The van der Waals surface area contributed by atoms with Crippen LogP contribution in [0.1, 0.15) is 10.4 Å². The van der Waals surface area contributed by atoms with E-state index in [1.807, 2.05) is 0 Å². The maximum Gasteiger partial charge on any atom is 0.304 e. The van der Waals surface area contributed by atoms with Gasteiger partial charge in [-0.05, 0) is 24.3 Å². The van der Waals surface area contributed by atoms with Gasteiger partial charge >= 0.3 is 5.69 Å². The maximum atomic E-state index is 13.4. The zero-order valence-electron chi connectivity index (χ0n) is 10.5. The summed E-state index contributed by atoms with van der Waals surface area (Å²) >= 11 is 5.80. The molecule has 0 atom stereocenters. The first kappa shape index (κ1) is 14.7. The molecule has 108 valence electrons. The topological polar surface area (TPSA) is 98.3 Å². The number of nitro benzene ring substituents is 1. The molecule has 0 heterocycles. The van der Waals surface area contributed by atoms with Gasteiger partial charge in [-0.3, -0.25) is 14.9 Å². The van der Waals surface area contributed by atoms with Crippen LogP contribution in [0.15, 0.2) is 36.4 Å². The highest BCUT2D eigenvalue weighted by molar-refractivity contribution is 6.33. The number of nitrogens with zero attached hydrogens (tertiary/aromatic N) is 1. The van der Waals surface area contributed by atoms with Crippen LogP contribution in [0, 0.1) is 15.9 Å². The summed E-state index contributed by atoms with van der Waals surface area (Å²) in [6, 6.07) is 7.37. The van der Waals surface area contributed by atoms with Crippen molar-refractivity contribution in [3.05, 3.63) is 62.9 Å². The largest absolute Gasteiger partial charge is 0.398 e. The number of nitrogens with two attached hydrogens (primary N) is 1. The smallest absolute Gasteiger partial charge is 0.304 e. The van der Waals surface area contributed by atoms with E-state index >= 15 is 0 Å². The Kier molecular flexibility index (Phi) is 4.04. The number of rotatable bonds is 3. The number of nitrogen functional groups attached to an aromatic ring is 1. The van der Waals surface area contributed by atoms with Gasteiger partial charge in [-0.2, -0.15) is 4.39 Å². The Balaban J connectivity index is 2.21. The summed E-state index contributed by atoms with van der Waals surface area (Å²) in [5.41, 5.74) is 5.52. The Morgan fingerprint density at radius 2 is 2.00 bits per heavy atom. The van der Waals surface area contributed by atoms with Gasteiger partial charge in [0.05, 0.1) is 15.6 Å². The van der Waals surface area contributed by atoms with E-state index in [2.05, 4.69) is 5.32 Å². The molecule has 0 saturated carbocycles. The lowest BCUT2D eigenvalue weighted by Gasteiger charge is -2.06. The van der Waals surface area contributed by atoms with Gasteiger partial charge < -0.3 is 11.1 Å². The molecule has 0 radical (unpaired) electrons. The average molecular weight is 310 g/mol. The number of hydrogen-bond acceptors (Lipinski definition) is 4. The number of hydrogen-bond donors (Lipinski definition) is 2. The molecule has 0 saturated heterocycles. The summed E-state index contributed by atoms with van der Waals surface area (Å²) < 4.78 is 13.4. The van der Waals surface area contributed by atoms with Gasteiger partial charge in [-0.15, -0.1) is 0 Å². The lowest BCUT2D eigenvalue weighted by Crippen LogP contribution is -2.12. The normalized spacial score (nSPS) is 10.2. The van der Waals surface area contributed by atoms with Crippen molar-refractivity contribution in [2.24, 2.45) is 0 Å². The van der Waals surface area contributed by atoms with Crippen LogP contribution in [0.3, 0.4) is 0 Å². The van der Waals surface area contributed by atoms with Crippen LogP contribution in [-0.4, -0.2) is 10.8 Å². The van der Waals surface area contributed by atoms with Crippen LogP contribution in [0.25, 0.3) is 0 Å². The minimum Gasteiger partial charge on any atom is -0.398 e. The third-order valence-electron chi connectivity index (χ3n) is 2.66. The Labute approximate surface area is 123 Å². The number of anilines is 2. The molecule has 0 bridgehead atoms. The van der Waals surface area contributed by atoms with Crippen LogP contribution < -0.4 is 11.1 Å². The van der Waals surface area contributed by atoms with Crippen molar-refractivity contribution in [2.45, 2.75) is 0 Å². The van der Waals surface area contributed by atoms with E-state index in [-0.39, 0.29) is 16.3 Å². The van der Waals surface area contributed by atoms with Crippen molar-refractivity contribution >= 4 is 34.6 Å². The molecule has 3 N–H and O–H groups in total. The van der Waals surface area contributed by atoms with E-state index in [9.17, 15) is 19.3 Å². The fourth-order valence-electron chi connectivity index (χ4n) is 1.60. The fraction of sp³-hybridized carbons (Fsp3) is 0. The highest BCUT2D eigenvalue weighted by Gasteiger charge is 2.15. The lowest BCUT2D eigenvalue weighted by atomic mass is 10.2.